The number of anilines is 1. The topological polar surface area (TPSA) is 38.1 Å². The molecule has 0 radical (unpaired) electrons. The van der Waals surface area contributed by atoms with Crippen LogP contribution in [0.5, 0.6) is 0 Å². The van der Waals surface area contributed by atoms with Crippen LogP contribution in [0.25, 0.3) is 0 Å². The van der Waals surface area contributed by atoms with Crippen LogP contribution in [0.15, 0.2) is 60.7 Å². The van der Waals surface area contributed by atoms with E-state index in [0.717, 1.165) is 22.5 Å². The summed E-state index contributed by atoms with van der Waals surface area (Å²) in [5, 5.41) is 4.46. The highest BCUT2D eigenvalue weighted by Gasteiger charge is 2.42. The molecule has 1 atom stereocenters. The molecule has 3 aromatic rings. The lowest BCUT2D eigenvalue weighted by Crippen LogP contribution is -2.30. The first-order valence-corrected chi connectivity index (χ1v) is 7.65. The predicted octanol–water partition coefficient (Wildman–Crippen LogP) is 3.48. The molecule has 1 aliphatic heterocycles. The molecule has 0 saturated heterocycles. The first-order chi connectivity index (χ1) is 11.2. The van der Waals surface area contributed by atoms with Crippen molar-refractivity contribution in [1.29, 1.82) is 0 Å². The Morgan fingerprint density at radius 2 is 1.57 bits per heavy atom. The molecular weight excluding hydrogens is 286 g/mol. The highest BCUT2D eigenvalue weighted by Crippen LogP contribution is 2.42. The van der Waals surface area contributed by atoms with Crippen LogP contribution in [0.1, 0.15) is 33.4 Å². The lowest BCUT2D eigenvalue weighted by molar-refractivity contribution is 0.0985. The van der Waals surface area contributed by atoms with E-state index in [1.807, 2.05) is 67.4 Å². The molecular formula is C19H17N3O. The third-order valence-corrected chi connectivity index (χ3v) is 4.37. The minimum atomic E-state index is -0.130. The van der Waals surface area contributed by atoms with Gasteiger partial charge in [0.2, 0.25) is 0 Å². The van der Waals surface area contributed by atoms with Gasteiger partial charge in [0.05, 0.1) is 11.7 Å². The summed E-state index contributed by atoms with van der Waals surface area (Å²) in [6.45, 7) is 1.97. The van der Waals surface area contributed by atoms with Gasteiger partial charge in [0.15, 0.2) is 0 Å². The lowest BCUT2D eigenvalue weighted by atomic mass is 9.99. The fraction of sp³-hybridized carbons (Fsp3) is 0.158. The first-order valence-electron chi connectivity index (χ1n) is 7.65. The van der Waals surface area contributed by atoms with E-state index in [0.29, 0.717) is 5.69 Å². The van der Waals surface area contributed by atoms with Crippen molar-refractivity contribution in [2.24, 2.45) is 7.05 Å². The van der Waals surface area contributed by atoms with Crippen LogP contribution in [-0.2, 0) is 7.05 Å². The van der Waals surface area contributed by atoms with Gasteiger partial charge in [-0.25, -0.2) is 0 Å². The third-order valence-electron chi connectivity index (χ3n) is 4.37. The van der Waals surface area contributed by atoms with Crippen LogP contribution >= 0.6 is 0 Å². The van der Waals surface area contributed by atoms with Gasteiger partial charge in [-0.1, -0.05) is 48.5 Å². The Kier molecular flexibility index (Phi) is 3.05. The molecule has 114 valence electrons. The Labute approximate surface area is 135 Å². The van der Waals surface area contributed by atoms with Crippen LogP contribution in [0, 0.1) is 6.92 Å². The maximum absolute atomic E-state index is 13.1. The van der Waals surface area contributed by atoms with Crippen molar-refractivity contribution in [2.45, 2.75) is 13.0 Å². The summed E-state index contributed by atoms with van der Waals surface area (Å²) in [4.78, 5) is 14.9. The molecule has 4 rings (SSSR count). The van der Waals surface area contributed by atoms with Crippen molar-refractivity contribution >= 4 is 11.6 Å². The zero-order valence-electron chi connectivity index (χ0n) is 13.1. The second-order valence-corrected chi connectivity index (χ2v) is 5.80. The number of fused-ring (bicyclic) bond motifs is 1. The van der Waals surface area contributed by atoms with Gasteiger partial charge in [-0.05, 0) is 24.6 Å². The van der Waals surface area contributed by atoms with E-state index in [2.05, 4.69) is 17.2 Å². The summed E-state index contributed by atoms with van der Waals surface area (Å²) in [6, 6.07) is 19.8. The molecule has 0 saturated carbocycles. The van der Waals surface area contributed by atoms with Gasteiger partial charge in [0.25, 0.3) is 5.91 Å². The van der Waals surface area contributed by atoms with Gasteiger partial charge in [-0.2, -0.15) is 5.10 Å². The Bertz CT molecular complexity index is 868. The summed E-state index contributed by atoms with van der Waals surface area (Å²) < 4.78 is 1.70. The Balaban J connectivity index is 1.96. The van der Waals surface area contributed by atoms with E-state index in [4.69, 9.17) is 0 Å². The smallest absolute Gasteiger partial charge is 0.277 e. The van der Waals surface area contributed by atoms with E-state index < -0.39 is 0 Å². The second-order valence-electron chi connectivity index (χ2n) is 5.80. The molecule has 1 aliphatic rings. The van der Waals surface area contributed by atoms with Crippen molar-refractivity contribution in [3.8, 4) is 0 Å². The quantitative estimate of drug-likeness (QED) is 0.727. The highest BCUT2D eigenvalue weighted by atomic mass is 16.2. The van der Waals surface area contributed by atoms with Crippen molar-refractivity contribution in [1.82, 2.24) is 9.78 Å². The van der Waals surface area contributed by atoms with Gasteiger partial charge >= 0.3 is 0 Å². The third kappa shape index (κ3) is 1.99. The second kappa shape index (κ2) is 5.09. The van der Waals surface area contributed by atoms with E-state index >= 15 is 0 Å². The van der Waals surface area contributed by atoms with Gasteiger partial charge in [0, 0.05) is 18.3 Å². The van der Waals surface area contributed by atoms with Crippen LogP contribution in [0.2, 0.25) is 0 Å². The fourth-order valence-electron chi connectivity index (χ4n) is 3.42. The van der Waals surface area contributed by atoms with E-state index in [-0.39, 0.29) is 11.9 Å². The number of rotatable bonds is 2. The predicted molar refractivity (Wildman–Crippen MR) is 89.5 cm³/mol. The summed E-state index contributed by atoms with van der Waals surface area (Å²) in [5.41, 5.74) is 4.59. The number of para-hydroxylation sites is 1. The number of aryl methyl sites for hydroxylation is 2. The molecule has 0 N–H and O–H groups in total. The van der Waals surface area contributed by atoms with E-state index in [9.17, 15) is 4.79 Å². The SMILES string of the molecule is Cc1nn(C)c2c1C(c1ccccc1)N(c1ccccc1)C2=O. The monoisotopic (exact) mass is 303 g/mol. The van der Waals surface area contributed by atoms with Crippen LogP contribution in [-0.4, -0.2) is 15.7 Å². The number of hydrogen-bond acceptors (Lipinski definition) is 2. The normalized spacial score (nSPS) is 16.7. The molecule has 1 aromatic heterocycles. The first kappa shape index (κ1) is 13.8. The fourth-order valence-corrected chi connectivity index (χ4v) is 3.42. The number of aromatic nitrogens is 2. The summed E-state index contributed by atoms with van der Waals surface area (Å²) in [6.07, 6.45) is 0. The van der Waals surface area contributed by atoms with E-state index in [1.165, 1.54) is 0 Å². The van der Waals surface area contributed by atoms with Crippen molar-refractivity contribution in [3.63, 3.8) is 0 Å². The Hall–Kier alpha value is -2.88. The highest BCUT2D eigenvalue weighted by molar-refractivity contribution is 6.10. The maximum atomic E-state index is 13.1. The minimum Gasteiger partial charge on any atom is -0.295 e. The standard InChI is InChI=1S/C19H17N3O/c1-13-16-17(14-9-5-3-6-10-14)22(15-11-7-4-8-12-15)19(23)18(16)21(2)20-13/h3-12,17H,1-2H3. The average Bonchev–Trinajstić information content (AvgIpc) is 3.05. The maximum Gasteiger partial charge on any atom is 0.277 e. The molecule has 1 amide bonds. The van der Waals surface area contributed by atoms with Crippen LogP contribution < -0.4 is 4.90 Å². The molecule has 2 aromatic carbocycles. The molecule has 4 heteroatoms. The zero-order chi connectivity index (χ0) is 16.0. The Morgan fingerprint density at radius 3 is 2.22 bits per heavy atom. The lowest BCUT2D eigenvalue weighted by Gasteiger charge is -2.26. The molecule has 1 unspecified atom stereocenters. The zero-order valence-corrected chi connectivity index (χ0v) is 13.1. The minimum absolute atomic E-state index is 0.00292. The van der Waals surface area contributed by atoms with Crippen molar-refractivity contribution < 1.29 is 4.79 Å². The number of nitrogens with zero attached hydrogens (tertiary/aromatic N) is 3. The molecule has 0 fully saturated rings. The summed E-state index contributed by atoms with van der Waals surface area (Å²) in [7, 11) is 1.83. The average molecular weight is 303 g/mol. The molecule has 0 aliphatic carbocycles. The summed E-state index contributed by atoms with van der Waals surface area (Å²) in [5.74, 6) is 0.00292. The molecule has 23 heavy (non-hydrogen) atoms. The van der Waals surface area contributed by atoms with Crippen LogP contribution in [0.4, 0.5) is 5.69 Å². The molecule has 2 heterocycles. The molecule has 0 spiro atoms. The van der Waals surface area contributed by atoms with Gasteiger partial charge in [-0.3, -0.25) is 14.4 Å². The molecule has 4 nitrogen and oxygen atoms in total. The van der Waals surface area contributed by atoms with Gasteiger partial charge in [-0.15, -0.1) is 0 Å². The Morgan fingerprint density at radius 1 is 0.957 bits per heavy atom. The number of carbonyl (C=O) groups is 1. The molecule has 0 bridgehead atoms. The van der Waals surface area contributed by atoms with Crippen molar-refractivity contribution in [2.75, 3.05) is 4.90 Å². The largest absolute Gasteiger partial charge is 0.295 e. The number of carbonyl (C=O) groups excluding carboxylic acids is 1. The number of amides is 1. The summed E-state index contributed by atoms with van der Waals surface area (Å²) >= 11 is 0. The number of hydrogen-bond donors (Lipinski definition) is 0. The van der Waals surface area contributed by atoms with Crippen LogP contribution in [0.3, 0.4) is 0 Å². The number of benzene rings is 2. The van der Waals surface area contributed by atoms with E-state index in [1.54, 1.807) is 4.68 Å². The van der Waals surface area contributed by atoms with Crippen molar-refractivity contribution in [3.05, 3.63) is 83.2 Å². The van der Waals surface area contributed by atoms with Gasteiger partial charge < -0.3 is 0 Å². The van der Waals surface area contributed by atoms with Gasteiger partial charge in [0.1, 0.15) is 5.69 Å².